The van der Waals surface area contributed by atoms with Gasteiger partial charge >= 0.3 is 12.1 Å². The molecule has 12 rings (SSSR count). The summed E-state index contributed by atoms with van der Waals surface area (Å²) in [7, 11) is 0. The molecule has 330 valence electrons. The van der Waals surface area contributed by atoms with Crippen molar-refractivity contribution in [2.75, 3.05) is 23.7 Å². The van der Waals surface area contributed by atoms with Crippen LogP contribution in [0, 0.1) is 30.1 Å². The number of carbonyl (C=O) groups is 3. The van der Waals surface area contributed by atoms with Gasteiger partial charge < -0.3 is 20.1 Å². The Balaban J connectivity index is 0.876. The lowest BCUT2D eigenvalue weighted by molar-refractivity contribution is 0.0169. The number of nitrogens with one attached hydrogen (secondary N) is 2. The lowest BCUT2D eigenvalue weighted by atomic mass is 9.58. The zero-order valence-electron chi connectivity index (χ0n) is 36.2. The Hall–Kier alpha value is -6.80. The highest BCUT2D eigenvalue weighted by Gasteiger charge is 2.49. The molecule has 4 fully saturated rings. The smallest absolute Gasteiger partial charge is 0.410 e. The summed E-state index contributed by atoms with van der Waals surface area (Å²) in [4.78, 5) is 51.3. The van der Waals surface area contributed by atoms with Crippen molar-refractivity contribution in [2.45, 2.75) is 71.4 Å². The molecule has 0 spiro atoms. The fraction of sp³-hybridized carbons (Fsp3) is 0.333. The van der Waals surface area contributed by atoms with Crippen molar-refractivity contribution in [2.24, 2.45) is 23.2 Å². The average Bonchev–Trinajstić information content (AvgIpc) is 3.98. The number of pyridine rings is 1. The van der Waals surface area contributed by atoms with E-state index in [2.05, 4.69) is 32.2 Å². The number of carboxylic acid groups (broad SMARTS) is 1. The third kappa shape index (κ3) is 7.94. The van der Waals surface area contributed by atoms with Gasteiger partial charge in [-0.2, -0.15) is 5.10 Å². The number of anilines is 3. The van der Waals surface area contributed by atoms with Crippen LogP contribution in [-0.2, 0) is 17.9 Å². The molecule has 13 nitrogen and oxygen atoms in total. The number of nitrogens with zero attached hydrogens (tertiary/aromatic N) is 6. The molecule has 5 aliphatic rings. The maximum atomic E-state index is 14.3. The number of thiazole rings is 1. The summed E-state index contributed by atoms with van der Waals surface area (Å²) in [5.41, 5.74) is 7.35. The first kappa shape index (κ1) is 40.9. The summed E-state index contributed by atoms with van der Waals surface area (Å²) >= 11 is 1.39. The number of aromatic nitrogens is 5. The van der Waals surface area contributed by atoms with Crippen LogP contribution in [0.5, 0.6) is 0 Å². The Labute approximate surface area is 380 Å². The van der Waals surface area contributed by atoms with Crippen molar-refractivity contribution in [3.8, 4) is 11.1 Å². The van der Waals surface area contributed by atoms with Gasteiger partial charge in [-0.3, -0.25) is 19.2 Å². The molecule has 65 heavy (non-hydrogen) atoms. The fourth-order valence-electron chi connectivity index (χ4n) is 11.5. The van der Waals surface area contributed by atoms with Crippen molar-refractivity contribution in [1.29, 1.82) is 0 Å². The number of aromatic carboxylic acids is 1. The lowest BCUT2D eigenvalue weighted by Gasteiger charge is -2.48. The molecule has 4 aromatic heterocycles. The first-order valence-corrected chi connectivity index (χ1v) is 23.5. The number of carbonyl (C=O) groups excluding carboxylic acids is 2. The van der Waals surface area contributed by atoms with E-state index < -0.39 is 5.97 Å². The van der Waals surface area contributed by atoms with Gasteiger partial charge in [-0.15, -0.1) is 0 Å². The number of carboxylic acids is 1. The predicted octanol–water partition coefficient (Wildman–Crippen LogP) is 10.8. The van der Waals surface area contributed by atoms with Crippen LogP contribution < -0.4 is 10.6 Å². The Kier molecular flexibility index (Phi) is 10.5. The van der Waals surface area contributed by atoms with Crippen molar-refractivity contribution >= 4 is 67.4 Å². The van der Waals surface area contributed by atoms with E-state index >= 15 is 0 Å². The van der Waals surface area contributed by atoms with Crippen LogP contribution in [0.2, 0.25) is 0 Å². The molecule has 2 unspecified atom stereocenters. The van der Waals surface area contributed by atoms with Gasteiger partial charge in [-0.1, -0.05) is 78.8 Å². The first-order chi connectivity index (χ1) is 31.6. The molecule has 0 radical (unpaired) electrons. The number of para-hydroxylation sites is 1. The molecule has 3 N–H and O–H groups in total. The zero-order chi connectivity index (χ0) is 44.2. The van der Waals surface area contributed by atoms with Crippen LogP contribution >= 0.6 is 11.3 Å². The second-order valence-corrected chi connectivity index (χ2v) is 19.6. The minimum absolute atomic E-state index is 0.0844. The minimum atomic E-state index is -1.09. The average molecular weight is 887 g/mol. The number of rotatable bonds is 11. The van der Waals surface area contributed by atoms with Crippen LogP contribution in [-0.4, -0.2) is 65.2 Å². The van der Waals surface area contributed by atoms with Gasteiger partial charge in [0.2, 0.25) is 0 Å². The first-order valence-electron chi connectivity index (χ1n) is 22.6. The van der Waals surface area contributed by atoms with Crippen molar-refractivity contribution in [3.05, 3.63) is 131 Å². The van der Waals surface area contributed by atoms with Crippen LogP contribution in [0.4, 0.5) is 21.4 Å². The van der Waals surface area contributed by atoms with Crippen LogP contribution in [0.25, 0.3) is 32.6 Å². The number of hydrogen-bond acceptors (Lipinski definition) is 9. The van der Waals surface area contributed by atoms with E-state index in [1.807, 2.05) is 97.3 Å². The minimum Gasteiger partial charge on any atom is -0.478 e. The van der Waals surface area contributed by atoms with Crippen molar-refractivity contribution < 1.29 is 24.2 Å². The van der Waals surface area contributed by atoms with Gasteiger partial charge in [0.25, 0.3) is 5.91 Å². The highest BCUT2D eigenvalue weighted by Crippen LogP contribution is 2.58. The Bertz CT molecular complexity index is 2980. The van der Waals surface area contributed by atoms with Crippen LogP contribution in [0.3, 0.4) is 0 Å². The van der Waals surface area contributed by atoms with Gasteiger partial charge in [-0.05, 0) is 116 Å². The van der Waals surface area contributed by atoms with Crippen molar-refractivity contribution in [1.82, 2.24) is 29.0 Å². The standard InChI is InChI=1S/C51H50N8O5S/c1-31-40(27-53-59(31)30-51-24-33-11-12-34(25-51)22-35(21-33)26-51)38-17-20-58-44(28-52-46(58)45(38)48(61)62)54-41-14-13-37(23-39(41)47(60)56-49-55-42-9-5-6-10-43(42)65-49)36-15-18-57(19-16-36)50(63)64-29-32-7-3-2-4-8-32/h2-10,13-15,17,20,23,27-28,33-35,54H,11-12,16,18-19,21-22,24-26,29-30H2,1H3,(H,61,62)(H,55,56,60). The molecule has 0 saturated heterocycles. The summed E-state index contributed by atoms with van der Waals surface area (Å²) in [6.45, 7) is 3.96. The number of ether oxygens (including phenoxy) is 1. The third-order valence-corrected chi connectivity index (χ3v) is 15.3. The predicted molar refractivity (Wildman–Crippen MR) is 251 cm³/mol. The highest BCUT2D eigenvalue weighted by atomic mass is 32.1. The number of benzene rings is 3. The van der Waals surface area contributed by atoms with Gasteiger partial charge in [0.15, 0.2) is 10.8 Å². The molecule has 4 aliphatic carbocycles. The summed E-state index contributed by atoms with van der Waals surface area (Å²) in [6, 6.07) is 24.8. The molecule has 14 heteroatoms. The molecule has 5 heterocycles. The monoisotopic (exact) mass is 886 g/mol. The van der Waals surface area contributed by atoms with E-state index in [9.17, 15) is 19.5 Å². The largest absolute Gasteiger partial charge is 0.478 e. The fourth-order valence-corrected chi connectivity index (χ4v) is 12.4. The normalized spacial score (nSPS) is 21.3. The third-order valence-electron chi connectivity index (χ3n) is 14.3. The molecule has 1 aliphatic heterocycles. The summed E-state index contributed by atoms with van der Waals surface area (Å²) in [5, 5.41) is 22.5. The summed E-state index contributed by atoms with van der Waals surface area (Å²) < 4.78 is 10.4. The molecule has 7 aromatic rings. The molecule has 4 bridgehead atoms. The van der Waals surface area contributed by atoms with E-state index in [1.165, 1.54) is 56.3 Å². The molecular formula is C51H50N8O5S. The molecule has 2 amide bonds. The molecular weight excluding hydrogens is 837 g/mol. The second kappa shape index (κ2) is 16.6. The highest BCUT2D eigenvalue weighted by molar-refractivity contribution is 7.22. The zero-order valence-corrected chi connectivity index (χ0v) is 37.0. The van der Waals surface area contributed by atoms with Crippen LogP contribution in [0.15, 0.2) is 104 Å². The van der Waals surface area contributed by atoms with Gasteiger partial charge in [0, 0.05) is 42.7 Å². The molecule has 4 saturated carbocycles. The van der Waals surface area contributed by atoms with Gasteiger partial charge in [0.1, 0.15) is 18.0 Å². The SMILES string of the molecule is Cc1c(-c2ccn3c(Nc4ccc(C5=CCN(C(=O)OCc6ccccc6)CC5)cc4C(=O)Nc4nc5ccccc5s4)cnc3c2C(=O)O)cnn1CC12CC3CCC(CC(C3)C1)C2. The van der Waals surface area contributed by atoms with E-state index in [0.717, 1.165) is 62.5 Å². The quantitative estimate of drug-likeness (QED) is 0.115. The summed E-state index contributed by atoms with van der Waals surface area (Å²) in [6.07, 6.45) is 16.7. The van der Waals surface area contributed by atoms with E-state index in [-0.39, 0.29) is 35.2 Å². The Morgan fingerprint density at radius 1 is 0.923 bits per heavy atom. The lowest BCUT2D eigenvalue weighted by Crippen LogP contribution is -2.40. The molecule has 2 atom stereocenters. The van der Waals surface area contributed by atoms with Gasteiger partial charge in [-0.25, -0.2) is 19.6 Å². The van der Waals surface area contributed by atoms with Crippen LogP contribution in [0.1, 0.15) is 88.9 Å². The van der Waals surface area contributed by atoms with E-state index in [4.69, 9.17) is 9.84 Å². The number of imidazole rings is 1. The second-order valence-electron chi connectivity index (χ2n) is 18.6. The van der Waals surface area contributed by atoms with E-state index in [1.54, 1.807) is 15.5 Å². The van der Waals surface area contributed by atoms with Gasteiger partial charge in [0.05, 0.1) is 33.9 Å². The topological polar surface area (TPSA) is 156 Å². The Morgan fingerprint density at radius 2 is 1.71 bits per heavy atom. The summed E-state index contributed by atoms with van der Waals surface area (Å²) in [5.74, 6) is 1.48. The maximum Gasteiger partial charge on any atom is 0.410 e. The Morgan fingerprint density at radius 3 is 2.48 bits per heavy atom. The number of amides is 2. The van der Waals surface area contributed by atoms with Crippen molar-refractivity contribution in [3.63, 3.8) is 0 Å². The van der Waals surface area contributed by atoms with E-state index in [0.29, 0.717) is 47.3 Å². The number of fused-ring (bicyclic) bond motifs is 3. The molecule has 3 aromatic carbocycles. The maximum absolute atomic E-state index is 14.3. The number of hydrogen-bond donors (Lipinski definition) is 3.